The normalized spacial score (nSPS) is 11.4. The van der Waals surface area contributed by atoms with Crippen LogP contribution in [0.2, 0.25) is 0 Å². The van der Waals surface area contributed by atoms with Gasteiger partial charge in [0.2, 0.25) is 0 Å². The molecule has 0 atom stereocenters. The molecule has 0 aromatic heterocycles. The van der Waals surface area contributed by atoms with E-state index in [-0.39, 0.29) is 17.9 Å². The van der Waals surface area contributed by atoms with Gasteiger partial charge < -0.3 is 9.84 Å². The Morgan fingerprint density at radius 1 is 0.966 bits per heavy atom. The van der Waals surface area contributed by atoms with Crippen LogP contribution in [0.1, 0.15) is 67.8 Å². The lowest BCUT2D eigenvalue weighted by Gasteiger charge is -2.13. The topological polar surface area (TPSA) is 101 Å². The van der Waals surface area contributed by atoms with Gasteiger partial charge in [-0.05, 0) is 12.5 Å². The van der Waals surface area contributed by atoms with E-state index in [1.807, 2.05) is 0 Å². The van der Waals surface area contributed by atoms with E-state index in [9.17, 15) is 22.9 Å². The van der Waals surface area contributed by atoms with Gasteiger partial charge in [-0.15, -0.1) is 0 Å². The van der Waals surface area contributed by atoms with Crippen molar-refractivity contribution in [1.82, 2.24) is 0 Å². The van der Waals surface area contributed by atoms with Crippen LogP contribution in [0, 0.1) is 0 Å². The Hall–Kier alpha value is -2.38. The summed E-state index contributed by atoms with van der Waals surface area (Å²) in [7, 11) is -4.63. The molecule has 0 saturated heterocycles. The first-order valence-corrected chi connectivity index (χ1v) is 11.4. The average molecular weight is 421 g/mol. The molecule has 6 nitrogen and oxygen atoms in total. The Morgan fingerprint density at radius 2 is 1.59 bits per heavy atom. The van der Waals surface area contributed by atoms with Gasteiger partial charge in [0.05, 0.1) is 12.2 Å². The average Bonchev–Trinajstić information content (AvgIpc) is 2.69. The van der Waals surface area contributed by atoms with Crippen LogP contribution < -0.4 is 4.74 Å². The molecule has 0 saturated carbocycles. The Morgan fingerprint density at radius 3 is 2.21 bits per heavy atom. The summed E-state index contributed by atoms with van der Waals surface area (Å²) in [6, 6.07) is 10.2. The Labute approximate surface area is 172 Å². The van der Waals surface area contributed by atoms with Gasteiger partial charge in [0, 0.05) is 11.6 Å². The molecule has 29 heavy (non-hydrogen) atoms. The molecule has 0 unspecified atom stereocenters. The standard InChI is InChI=1S/C22H28O6S/c1-2-3-4-5-6-7-11-14-28-20-16-19(23)18(15-21(20)29(25,26)27)22(24)17-12-9-8-10-13-17/h8-10,12-13,15-16,23H,2-7,11,14H2,1H3,(H,25,26,27). The maximum atomic E-state index is 12.6. The fourth-order valence-electron chi connectivity index (χ4n) is 3.03. The molecule has 0 aliphatic carbocycles. The van der Waals surface area contributed by atoms with Crippen LogP contribution in [0.15, 0.2) is 47.4 Å². The molecule has 0 heterocycles. The minimum atomic E-state index is -4.63. The smallest absolute Gasteiger partial charge is 0.298 e. The van der Waals surface area contributed by atoms with Crippen molar-refractivity contribution in [2.45, 2.75) is 56.8 Å². The molecule has 0 aliphatic heterocycles. The zero-order chi connectivity index (χ0) is 21.3. The van der Waals surface area contributed by atoms with Crippen molar-refractivity contribution in [2.75, 3.05) is 6.61 Å². The molecule has 0 bridgehead atoms. The molecule has 2 N–H and O–H groups in total. The van der Waals surface area contributed by atoms with Crippen LogP contribution in [0.4, 0.5) is 0 Å². The lowest BCUT2D eigenvalue weighted by molar-refractivity contribution is 0.103. The van der Waals surface area contributed by atoms with Crippen LogP contribution >= 0.6 is 0 Å². The van der Waals surface area contributed by atoms with E-state index in [1.165, 1.54) is 19.3 Å². The fraction of sp³-hybridized carbons (Fsp3) is 0.409. The maximum absolute atomic E-state index is 12.6. The summed E-state index contributed by atoms with van der Waals surface area (Å²) in [5.74, 6) is -1.12. The highest BCUT2D eigenvalue weighted by atomic mass is 32.2. The summed E-state index contributed by atoms with van der Waals surface area (Å²) in [5, 5.41) is 10.3. The number of ether oxygens (including phenoxy) is 1. The largest absolute Gasteiger partial charge is 0.507 e. The highest BCUT2D eigenvalue weighted by molar-refractivity contribution is 7.86. The molecule has 2 aromatic rings. The predicted octanol–water partition coefficient (Wildman–Crippen LogP) is 5.00. The number of carbonyl (C=O) groups is 1. The summed E-state index contributed by atoms with van der Waals surface area (Å²) < 4.78 is 38.7. The summed E-state index contributed by atoms with van der Waals surface area (Å²) in [4.78, 5) is 12.1. The molecule has 0 spiro atoms. The molecule has 2 aromatic carbocycles. The number of phenols is 1. The summed E-state index contributed by atoms with van der Waals surface area (Å²) in [6.07, 6.45) is 7.51. The van der Waals surface area contributed by atoms with E-state index in [2.05, 4.69) is 6.92 Å². The Bertz CT molecular complexity index is 906. The van der Waals surface area contributed by atoms with Gasteiger partial charge in [0.15, 0.2) is 5.78 Å². The van der Waals surface area contributed by atoms with Crippen LogP contribution in [0.5, 0.6) is 11.5 Å². The Kier molecular flexibility index (Phi) is 8.67. The van der Waals surface area contributed by atoms with Gasteiger partial charge >= 0.3 is 0 Å². The van der Waals surface area contributed by atoms with Gasteiger partial charge in [-0.1, -0.05) is 75.8 Å². The first-order valence-electron chi connectivity index (χ1n) is 9.91. The second-order valence-electron chi connectivity index (χ2n) is 6.96. The molecule has 0 amide bonds. The number of benzene rings is 2. The van der Waals surface area contributed by atoms with E-state index in [1.54, 1.807) is 30.3 Å². The third kappa shape index (κ3) is 6.87. The minimum Gasteiger partial charge on any atom is -0.507 e. The van der Waals surface area contributed by atoms with Crippen LogP contribution in [0.3, 0.4) is 0 Å². The lowest BCUT2D eigenvalue weighted by Crippen LogP contribution is -2.09. The van der Waals surface area contributed by atoms with Crippen LogP contribution in [0.25, 0.3) is 0 Å². The van der Waals surface area contributed by atoms with Gasteiger partial charge in [-0.25, -0.2) is 0 Å². The first-order chi connectivity index (χ1) is 13.8. The highest BCUT2D eigenvalue weighted by Crippen LogP contribution is 2.33. The monoisotopic (exact) mass is 420 g/mol. The SMILES string of the molecule is CCCCCCCCCOc1cc(O)c(C(=O)c2ccccc2)cc1S(=O)(=O)O. The number of hydrogen-bond donors (Lipinski definition) is 2. The highest BCUT2D eigenvalue weighted by Gasteiger charge is 2.23. The molecule has 7 heteroatoms. The first kappa shape index (κ1) is 22.9. The summed E-state index contributed by atoms with van der Waals surface area (Å²) in [5.41, 5.74) is 0.0768. The van der Waals surface area contributed by atoms with Crippen molar-refractivity contribution in [3.05, 3.63) is 53.6 Å². The van der Waals surface area contributed by atoms with Crippen molar-refractivity contribution < 1.29 is 27.6 Å². The number of carbonyl (C=O) groups excluding carboxylic acids is 1. The zero-order valence-electron chi connectivity index (χ0n) is 16.6. The van der Waals surface area contributed by atoms with Crippen molar-refractivity contribution >= 4 is 15.9 Å². The number of unbranched alkanes of at least 4 members (excludes halogenated alkanes) is 6. The predicted molar refractivity (Wildman–Crippen MR) is 111 cm³/mol. The minimum absolute atomic E-state index is 0.166. The van der Waals surface area contributed by atoms with Gasteiger partial charge in [-0.3, -0.25) is 9.35 Å². The number of aromatic hydroxyl groups is 1. The number of phenolic OH excluding ortho intramolecular Hbond substituents is 1. The Balaban J connectivity index is 2.11. The quantitative estimate of drug-likeness (QED) is 0.285. The third-order valence-corrected chi connectivity index (χ3v) is 5.50. The second kappa shape index (κ2) is 11.0. The van der Waals surface area contributed by atoms with E-state index < -0.39 is 26.5 Å². The van der Waals surface area contributed by atoms with E-state index in [0.717, 1.165) is 37.8 Å². The molecular formula is C22H28O6S. The van der Waals surface area contributed by atoms with Crippen LogP contribution in [-0.4, -0.2) is 30.5 Å². The van der Waals surface area contributed by atoms with Crippen molar-refractivity contribution in [3.8, 4) is 11.5 Å². The van der Waals surface area contributed by atoms with Gasteiger partial charge in [0.1, 0.15) is 16.4 Å². The summed E-state index contributed by atoms with van der Waals surface area (Å²) in [6.45, 7) is 2.41. The molecule has 0 aliphatic rings. The zero-order valence-corrected chi connectivity index (χ0v) is 17.5. The maximum Gasteiger partial charge on any atom is 0.298 e. The van der Waals surface area contributed by atoms with E-state index >= 15 is 0 Å². The van der Waals surface area contributed by atoms with Crippen molar-refractivity contribution in [2.24, 2.45) is 0 Å². The third-order valence-electron chi connectivity index (χ3n) is 4.63. The summed E-state index contributed by atoms with van der Waals surface area (Å²) >= 11 is 0. The molecular weight excluding hydrogens is 392 g/mol. The molecule has 158 valence electrons. The van der Waals surface area contributed by atoms with Crippen LogP contribution in [-0.2, 0) is 10.1 Å². The van der Waals surface area contributed by atoms with E-state index in [0.29, 0.717) is 5.56 Å². The molecule has 0 fully saturated rings. The van der Waals surface area contributed by atoms with Crippen molar-refractivity contribution in [3.63, 3.8) is 0 Å². The van der Waals surface area contributed by atoms with E-state index in [4.69, 9.17) is 4.74 Å². The fourth-order valence-corrected chi connectivity index (χ4v) is 3.67. The van der Waals surface area contributed by atoms with Gasteiger partial charge in [0.25, 0.3) is 10.1 Å². The van der Waals surface area contributed by atoms with Crippen molar-refractivity contribution in [1.29, 1.82) is 0 Å². The lowest BCUT2D eigenvalue weighted by atomic mass is 10.0. The van der Waals surface area contributed by atoms with Gasteiger partial charge in [-0.2, -0.15) is 8.42 Å². The molecule has 0 radical (unpaired) electrons. The number of ketones is 1. The number of hydrogen-bond acceptors (Lipinski definition) is 5. The second-order valence-corrected chi connectivity index (χ2v) is 8.35. The number of rotatable bonds is 12. The molecule has 2 rings (SSSR count).